The number of fused-ring (bicyclic) bond motifs is 3. The summed E-state index contributed by atoms with van der Waals surface area (Å²) in [6.07, 6.45) is 3.00. The van der Waals surface area contributed by atoms with E-state index in [1.807, 2.05) is 42.2 Å². The van der Waals surface area contributed by atoms with E-state index in [0.717, 1.165) is 22.4 Å². The minimum absolute atomic E-state index is 0.00682. The molecule has 0 unspecified atom stereocenters. The number of carbonyl (C=O) groups excluding carboxylic acids is 1. The molecule has 0 atom stereocenters. The van der Waals surface area contributed by atoms with E-state index < -0.39 is 0 Å². The van der Waals surface area contributed by atoms with E-state index in [1.165, 1.54) is 12.5 Å². The number of carbonyl (C=O) groups is 1. The predicted octanol–water partition coefficient (Wildman–Crippen LogP) is 3.22. The number of hydrogen-bond donors (Lipinski definition) is 0. The molecule has 7 nitrogen and oxygen atoms in total. The first-order chi connectivity index (χ1) is 14.2. The summed E-state index contributed by atoms with van der Waals surface area (Å²) in [6, 6.07) is 14.0. The molecular formula is C22H19N5O2. The second-order valence-electron chi connectivity index (χ2n) is 7.22. The van der Waals surface area contributed by atoms with E-state index >= 15 is 0 Å². The van der Waals surface area contributed by atoms with Crippen LogP contribution in [-0.2, 0) is 0 Å². The van der Waals surface area contributed by atoms with Crippen LogP contribution in [0.3, 0.4) is 0 Å². The van der Waals surface area contributed by atoms with Gasteiger partial charge in [-0.3, -0.25) is 9.20 Å². The molecule has 0 bridgehead atoms. The van der Waals surface area contributed by atoms with E-state index in [9.17, 15) is 10.1 Å². The van der Waals surface area contributed by atoms with E-state index in [4.69, 9.17) is 9.40 Å². The summed E-state index contributed by atoms with van der Waals surface area (Å²) in [6.45, 7) is 4.60. The van der Waals surface area contributed by atoms with Crippen molar-refractivity contribution in [1.82, 2.24) is 14.3 Å². The second-order valence-corrected chi connectivity index (χ2v) is 7.22. The highest BCUT2D eigenvalue weighted by molar-refractivity contribution is 5.94. The topological polar surface area (TPSA) is 77.8 Å². The third-order valence-electron chi connectivity index (χ3n) is 5.52. The maximum Gasteiger partial charge on any atom is 0.257 e. The fourth-order valence-corrected chi connectivity index (χ4v) is 4.01. The van der Waals surface area contributed by atoms with Crippen LogP contribution in [-0.4, -0.2) is 46.4 Å². The number of piperazine rings is 1. The Morgan fingerprint density at radius 2 is 1.97 bits per heavy atom. The number of benzene rings is 1. The molecule has 0 radical (unpaired) electrons. The molecule has 1 saturated heterocycles. The van der Waals surface area contributed by atoms with Crippen molar-refractivity contribution in [3.63, 3.8) is 0 Å². The summed E-state index contributed by atoms with van der Waals surface area (Å²) in [5.41, 5.74) is 4.60. The number of rotatable bonds is 2. The largest absolute Gasteiger partial charge is 0.472 e. The monoisotopic (exact) mass is 385 g/mol. The zero-order valence-electron chi connectivity index (χ0n) is 16.0. The number of para-hydroxylation sites is 2. The van der Waals surface area contributed by atoms with Gasteiger partial charge in [0.05, 0.1) is 28.4 Å². The minimum atomic E-state index is -0.00682. The van der Waals surface area contributed by atoms with Crippen LogP contribution in [0.2, 0.25) is 0 Å². The molecule has 4 heterocycles. The molecule has 1 aliphatic heterocycles. The summed E-state index contributed by atoms with van der Waals surface area (Å²) in [5.74, 6) is 0.994. The Hall–Kier alpha value is -3.79. The number of nitriles is 1. The van der Waals surface area contributed by atoms with Gasteiger partial charge in [0.25, 0.3) is 5.91 Å². The Bertz CT molecular complexity index is 1260. The van der Waals surface area contributed by atoms with Gasteiger partial charge < -0.3 is 14.2 Å². The van der Waals surface area contributed by atoms with Crippen molar-refractivity contribution in [2.75, 3.05) is 31.1 Å². The number of furan rings is 1. The number of amides is 1. The molecule has 0 spiro atoms. The van der Waals surface area contributed by atoms with E-state index in [1.54, 1.807) is 6.07 Å². The number of aromatic nitrogens is 2. The molecule has 29 heavy (non-hydrogen) atoms. The number of hydrogen-bond acceptors (Lipinski definition) is 5. The smallest absolute Gasteiger partial charge is 0.257 e. The number of aryl methyl sites for hydroxylation is 1. The van der Waals surface area contributed by atoms with Crippen LogP contribution in [0, 0.1) is 18.3 Å². The lowest BCUT2D eigenvalue weighted by Gasteiger charge is -2.36. The SMILES string of the molecule is Cc1cc(N2CCN(C(=O)c3ccoc3)CC2)n2c(nc3ccccc32)c1C#N. The molecule has 0 saturated carbocycles. The molecule has 0 aliphatic carbocycles. The van der Waals surface area contributed by atoms with Crippen molar-refractivity contribution in [3.8, 4) is 6.07 Å². The lowest BCUT2D eigenvalue weighted by molar-refractivity contribution is 0.0745. The lowest BCUT2D eigenvalue weighted by Crippen LogP contribution is -2.49. The summed E-state index contributed by atoms with van der Waals surface area (Å²) in [5, 5.41) is 9.66. The molecule has 5 rings (SSSR count). The fraction of sp³-hybridized carbons (Fsp3) is 0.227. The fourth-order valence-electron chi connectivity index (χ4n) is 4.01. The van der Waals surface area contributed by atoms with Gasteiger partial charge in [-0.2, -0.15) is 5.26 Å². The Kier molecular flexibility index (Phi) is 3.98. The van der Waals surface area contributed by atoms with Gasteiger partial charge >= 0.3 is 0 Å². The highest BCUT2D eigenvalue weighted by Crippen LogP contribution is 2.29. The molecule has 1 amide bonds. The Balaban J connectivity index is 1.53. The number of imidazole rings is 1. The van der Waals surface area contributed by atoms with E-state index in [-0.39, 0.29) is 5.91 Å². The molecule has 1 aromatic carbocycles. The first kappa shape index (κ1) is 17.3. The summed E-state index contributed by atoms with van der Waals surface area (Å²) in [7, 11) is 0. The average Bonchev–Trinajstić information content (AvgIpc) is 3.41. The maximum absolute atomic E-state index is 12.6. The number of nitrogens with zero attached hydrogens (tertiary/aromatic N) is 5. The van der Waals surface area contributed by atoms with Gasteiger partial charge in [0.2, 0.25) is 0 Å². The van der Waals surface area contributed by atoms with Crippen molar-refractivity contribution in [2.24, 2.45) is 0 Å². The van der Waals surface area contributed by atoms with Crippen LogP contribution in [0.25, 0.3) is 16.7 Å². The zero-order valence-corrected chi connectivity index (χ0v) is 16.0. The molecular weight excluding hydrogens is 366 g/mol. The highest BCUT2D eigenvalue weighted by atomic mass is 16.3. The summed E-state index contributed by atoms with van der Waals surface area (Å²) in [4.78, 5) is 21.4. The Morgan fingerprint density at radius 3 is 2.69 bits per heavy atom. The molecule has 1 aliphatic rings. The van der Waals surface area contributed by atoms with Gasteiger partial charge in [-0.05, 0) is 36.8 Å². The third kappa shape index (κ3) is 2.72. The number of pyridine rings is 1. The lowest BCUT2D eigenvalue weighted by atomic mass is 10.1. The second kappa shape index (κ2) is 6.67. The van der Waals surface area contributed by atoms with Gasteiger partial charge in [0, 0.05) is 26.2 Å². The summed E-state index contributed by atoms with van der Waals surface area (Å²) < 4.78 is 7.10. The van der Waals surface area contributed by atoms with E-state index in [2.05, 4.69) is 15.4 Å². The van der Waals surface area contributed by atoms with Crippen LogP contribution in [0.4, 0.5) is 5.82 Å². The minimum Gasteiger partial charge on any atom is -0.472 e. The molecule has 0 N–H and O–H groups in total. The van der Waals surface area contributed by atoms with Crippen LogP contribution >= 0.6 is 0 Å². The van der Waals surface area contributed by atoms with E-state index in [0.29, 0.717) is 43.0 Å². The maximum atomic E-state index is 12.6. The first-order valence-electron chi connectivity index (χ1n) is 9.54. The van der Waals surface area contributed by atoms with Crippen LogP contribution in [0.15, 0.2) is 53.3 Å². The molecule has 3 aromatic heterocycles. The normalized spacial score (nSPS) is 14.5. The van der Waals surface area contributed by atoms with Crippen molar-refractivity contribution in [2.45, 2.75) is 6.92 Å². The van der Waals surface area contributed by atoms with Gasteiger partial charge in [0.15, 0.2) is 5.65 Å². The van der Waals surface area contributed by atoms with Crippen LogP contribution in [0.5, 0.6) is 0 Å². The van der Waals surface area contributed by atoms with Gasteiger partial charge in [-0.1, -0.05) is 12.1 Å². The third-order valence-corrected chi connectivity index (χ3v) is 5.52. The standard InChI is InChI=1S/C22H19N5O2/c1-15-12-20(25-7-9-26(10-8-25)22(28)16-6-11-29-14-16)27-19-5-3-2-4-18(19)24-21(27)17(15)13-23/h2-6,11-12,14H,7-10H2,1H3. The highest BCUT2D eigenvalue weighted by Gasteiger charge is 2.25. The van der Waals surface area contributed by atoms with Crippen molar-refractivity contribution in [3.05, 3.63) is 65.6 Å². The van der Waals surface area contributed by atoms with Crippen LogP contribution in [0.1, 0.15) is 21.5 Å². The van der Waals surface area contributed by atoms with Gasteiger partial charge in [-0.15, -0.1) is 0 Å². The van der Waals surface area contributed by atoms with Gasteiger partial charge in [0.1, 0.15) is 18.2 Å². The molecule has 144 valence electrons. The van der Waals surface area contributed by atoms with Crippen molar-refractivity contribution >= 4 is 28.4 Å². The first-order valence-corrected chi connectivity index (χ1v) is 9.54. The van der Waals surface area contributed by atoms with Crippen molar-refractivity contribution < 1.29 is 9.21 Å². The molecule has 4 aromatic rings. The zero-order chi connectivity index (χ0) is 20.0. The molecule has 1 fully saturated rings. The Morgan fingerprint density at radius 1 is 1.17 bits per heavy atom. The summed E-state index contributed by atoms with van der Waals surface area (Å²) >= 11 is 0. The molecule has 7 heteroatoms. The average molecular weight is 385 g/mol. The predicted molar refractivity (Wildman–Crippen MR) is 109 cm³/mol. The van der Waals surface area contributed by atoms with Gasteiger partial charge in [-0.25, -0.2) is 4.98 Å². The quantitative estimate of drug-likeness (QED) is 0.529. The Labute approximate surface area is 167 Å². The van der Waals surface area contributed by atoms with Crippen molar-refractivity contribution in [1.29, 1.82) is 5.26 Å². The van der Waals surface area contributed by atoms with Crippen LogP contribution < -0.4 is 4.90 Å². The number of anilines is 1.